The monoisotopic (exact) mass is 390 g/mol. The molecule has 2 rings (SSSR count). The average Bonchev–Trinajstić information content (AvgIpc) is 3.04. The van der Waals surface area contributed by atoms with E-state index >= 15 is 0 Å². The number of aromatic nitrogens is 1. The lowest BCUT2D eigenvalue weighted by Crippen LogP contribution is -2.27. The number of rotatable bonds is 6. The number of amides is 1. The number of halogens is 1. The number of carbonyl (C=O) groups is 1. The van der Waals surface area contributed by atoms with Crippen molar-refractivity contribution in [2.75, 3.05) is 7.05 Å². The number of thiazole rings is 1. The molecule has 1 atom stereocenters. The highest BCUT2D eigenvalue weighted by molar-refractivity contribution is 7.89. The molecule has 1 aromatic heterocycles. The number of hydrogen-bond acceptors (Lipinski definition) is 6. The van der Waals surface area contributed by atoms with E-state index in [9.17, 15) is 13.2 Å². The molecule has 0 saturated heterocycles. The smallest absolute Gasteiger partial charge is 0.271 e. The van der Waals surface area contributed by atoms with Gasteiger partial charge in [0.05, 0.1) is 10.9 Å². The zero-order valence-corrected chi connectivity index (χ0v) is 15.6. The first-order valence-corrected chi connectivity index (χ1v) is 9.22. The van der Waals surface area contributed by atoms with Crippen molar-refractivity contribution >= 4 is 39.7 Å². The van der Waals surface area contributed by atoms with E-state index < -0.39 is 10.0 Å². The van der Waals surface area contributed by atoms with E-state index in [-0.39, 0.29) is 35.8 Å². The minimum absolute atomic E-state index is 0. The van der Waals surface area contributed by atoms with Crippen LogP contribution in [0.3, 0.4) is 0 Å². The van der Waals surface area contributed by atoms with E-state index in [2.05, 4.69) is 15.0 Å². The third-order valence-corrected chi connectivity index (χ3v) is 5.53. The van der Waals surface area contributed by atoms with Crippen molar-refractivity contribution in [1.29, 1.82) is 0 Å². The average molecular weight is 391 g/mol. The van der Waals surface area contributed by atoms with Crippen LogP contribution in [0.25, 0.3) is 0 Å². The molecular weight excluding hydrogens is 372 g/mol. The van der Waals surface area contributed by atoms with Crippen LogP contribution < -0.4 is 15.8 Å². The fourth-order valence-electron chi connectivity index (χ4n) is 1.93. The maximum Gasteiger partial charge on any atom is 0.271 e. The maximum atomic E-state index is 12.2. The summed E-state index contributed by atoms with van der Waals surface area (Å²) >= 11 is 1.33. The number of nitrogens with one attached hydrogen (secondary N) is 2. The quantitative estimate of drug-likeness (QED) is 0.690. The molecule has 2 aromatic rings. The van der Waals surface area contributed by atoms with Crippen molar-refractivity contribution in [2.45, 2.75) is 24.4 Å². The summed E-state index contributed by atoms with van der Waals surface area (Å²) in [6.45, 7) is 2.07. The molecule has 1 aromatic carbocycles. The SMILES string of the molecule is CNS(=O)(=O)c1cccc(C(C)NC(=O)c2csc(CN)n2)c1.Cl. The third-order valence-electron chi connectivity index (χ3n) is 3.24. The second-order valence-electron chi connectivity index (χ2n) is 4.81. The lowest BCUT2D eigenvalue weighted by molar-refractivity contribution is 0.0935. The van der Waals surface area contributed by atoms with E-state index in [0.29, 0.717) is 16.3 Å². The third kappa shape index (κ3) is 4.74. The van der Waals surface area contributed by atoms with Crippen molar-refractivity contribution in [3.05, 3.63) is 45.9 Å². The number of carbonyl (C=O) groups excluding carboxylic acids is 1. The Kier molecular flexibility index (Phi) is 7.30. The number of nitrogens with zero attached hydrogens (tertiary/aromatic N) is 1. The second-order valence-corrected chi connectivity index (χ2v) is 7.63. The highest BCUT2D eigenvalue weighted by atomic mass is 35.5. The molecule has 4 N–H and O–H groups in total. The van der Waals surface area contributed by atoms with Crippen LogP contribution in [-0.4, -0.2) is 26.4 Å². The molecule has 0 radical (unpaired) electrons. The first-order chi connectivity index (χ1) is 10.9. The Morgan fingerprint density at radius 2 is 2.12 bits per heavy atom. The van der Waals surface area contributed by atoms with Gasteiger partial charge >= 0.3 is 0 Å². The predicted molar refractivity (Wildman–Crippen MR) is 95.8 cm³/mol. The van der Waals surface area contributed by atoms with Crippen LogP contribution in [0, 0.1) is 0 Å². The lowest BCUT2D eigenvalue weighted by atomic mass is 10.1. The molecule has 0 aliphatic heterocycles. The summed E-state index contributed by atoms with van der Waals surface area (Å²) in [5, 5.41) is 5.13. The van der Waals surface area contributed by atoms with Crippen LogP contribution in [0.2, 0.25) is 0 Å². The van der Waals surface area contributed by atoms with E-state index in [4.69, 9.17) is 5.73 Å². The molecule has 1 unspecified atom stereocenters. The number of sulfonamides is 1. The summed E-state index contributed by atoms with van der Waals surface area (Å²) in [4.78, 5) is 16.4. The molecule has 1 heterocycles. The zero-order valence-electron chi connectivity index (χ0n) is 13.1. The Balaban J connectivity index is 0.00000288. The summed E-state index contributed by atoms with van der Waals surface area (Å²) < 4.78 is 25.9. The summed E-state index contributed by atoms with van der Waals surface area (Å²) in [5.74, 6) is -0.324. The van der Waals surface area contributed by atoms with Gasteiger partial charge in [-0.2, -0.15) is 0 Å². The molecule has 1 amide bonds. The van der Waals surface area contributed by atoms with Gasteiger partial charge in [-0.1, -0.05) is 12.1 Å². The Morgan fingerprint density at radius 1 is 1.42 bits per heavy atom. The fourth-order valence-corrected chi connectivity index (χ4v) is 3.37. The van der Waals surface area contributed by atoms with Crippen LogP contribution in [-0.2, 0) is 16.6 Å². The van der Waals surface area contributed by atoms with Crippen molar-refractivity contribution in [1.82, 2.24) is 15.0 Å². The van der Waals surface area contributed by atoms with Gasteiger partial charge in [0.1, 0.15) is 10.7 Å². The molecule has 0 bridgehead atoms. The van der Waals surface area contributed by atoms with Crippen molar-refractivity contribution in [2.24, 2.45) is 5.73 Å². The summed E-state index contributed by atoms with van der Waals surface area (Å²) in [6.07, 6.45) is 0. The molecule has 0 saturated carbocycles. The summed E-state index contributed by atoms with van der Waals surface area (Å²) in [5.41, 5.74) is 6.47. The van der Waals surface area contributed by atoms with Gasteiger partial charge in [-0.3, -0.25) is 4.79 Å². The normalized spacial score (nSPS) is 12.3. The fraction of sp³-hybridized carbons (Fsp3) is 0.286. The molecule has 0 aliphatic rings. The number of benzene rings is 1. The molecule has 0 spiro atoms. The van der Waals surface area contributed by atoms with Crippen LogP contribution in [0.1, 0.15) is 34.0 Å². The first-order valence-electron chi connectivity index (χ1n) is 6.86. The van der Waals surface area contributed by atoms with E-state index in [1.165, 1.54) is 30.5 Å². The Labute approximate surface area is 151 Å². The standard InChI is InChI=1S/C14H18N4O3S2.ClH/c1-9(17-14(19)12-8-22-13(7-15)18-12)10-4-3-5-11(6-10)23(20,21)16-2;/h3-6,8-9,16H,7,15H2,1-2H3,(H,17,19);1H. The van der Waals surface area contributed by atoms with Crippen LogP contribution >= 0.6 is 23.7 Å². The van der Waals surface area contributed by atoms with Gasteiger partial charge in [0.15, 0.2) is 0 Å². The number of nitrogens with two attached hydrogens (primary N) is 1. The minimum Gasteiger partial charge on any atom is -0.344 e. The van der Waals surface area contributed by atoms with Crippen molar-refractivity contribution < 1.29 is 13.2 Å². The maximum absolute atomic E-state index is 12.2. The minimum atomic E-state index is -3.52. The van der Waals surface area contributed by atoms with Gasteiger partial charge in [-0.05, 0) is 31.7 Å². The van der Waals surface area contributed by atoms with Crippen molar-refractivity contribution in [3.63, 3.8) is 0 Å². The largest absolute Gasteiger partial charge is 0.344 e. The molecular formula is C14H19ClN4O3S2. The Morgan fingerprint density at radius 3 is 2.71 bits per heavy atom. The molecule has 7 nitrogen and oxygen atoms in total. The van der Waals surface area contributed by atoms with E-state index in [0.717, 1.165) is 0 Å². The second kappa shape index (κ2) is 8.54. The van der Waals surface area contributed by atoms with Crippen LogP contribution in [0.5, 0.6) is 0 Å². The topological polar surface area (TPSA) is 114 Å². The highest BCUT2D eigenvalue weighted by Gasteiger charge is 2.17. The van der Waals surface area contributed by atoms with Gasteiger partial charge in [-0.15, -0.1) is 23.7 Å². The first kappa shape index (κ1) is 20.5. The van der Waals surface area contributed by atoms with Gasteiger partial charge in [0.2, 0.25) is 10.0 Å². The number of hydrogen-bond donors (Lipinski definition) is 3. The van der Waals surface area contributed by atoms with Gasteiger partial charge in [0.25, 0.3) is 5.91 Å². The van der Waals surface area contributed by atoms with Gasteiger partial charge < -0.3 is 11.1 Å². The Bertz CT molecular complexity index is 808. The zero-order chi connectivity index (χ0) is 17.0. The molecule has 0 fully saturated rings. The lowest BCUT2D eigenvalue weighted by Gasteiger charge is -2.14. The molecule has 132 valence electrons. The summed E-state index contributed by atoms with van der Waals surface area (Å²) in [7, 11) is -2.17. The molecule has 24 heavy (non-hydrogen) atoms. The van der Waals surface area contributed by atoms with Crippen molar-refractivity contribution in [3.8, 4) is 0 Å². The van der Waals surface area contributed by atoms with Gasteiger partial charge in [-0.25, -0.2) is 18.1 Å². The van der Waals surface area contributed by atoms with Gasteiger partial charge in [0, 0.05) is 11.9 Å². The highest BCUT2D eigenvalue weighted by Crippen LogP contribution is 2.18. The van der Waals surface area contributed by atoms with Crippen LogP contribution in [0.15, 0.2) is 34.5 Å². The molecule has 10 heteroatoms. The van der Waals surface area contributed by atoms with Crippen LogP contribution in [0.4, 0.5) is 0 Å². The molecule has 0 aliphatic carbocycles. The summed E-state index contributed by atoms with van der Waals surface area (Å²) in [6, 6.07) is 6.06. The Hall–Kier alpha value is -1.52. The van der Waals surface area contributed by atoms with E-state index in [1.54, 1.807) is 24.4 Å². The predicted octanol–water partition coefficient (Wildman–Crippen LogP) is 1.42. The van der Waals surface area contributed by atoms with E-state index in [1.807, 2.05) is 0 Å².